The van der Waals surface area contributed by atoms with Crippen LogP contribution >= 0.6 is 0 Å². The maximum atomic E-state index is 12.8. The van der Waals surface area contributed by atoms with Crippen molar-refractivity contribution in [3.63, 3.8) is 0 Å². The number of hydrogen-bond donors (Lipinski definition) is 2. The van der Waals surface area contributed by atoms with Crippen molar-refractivity contribution in [2.45, 2.75) is 25.2 Å². The number of carbonyl (C=O) groups excluding carboxylic acids is 1. The molecule has 1 unspecified atom stereocenters. The maximum Gasteiger partial charge on any atom is 0.262 e. The second kappa shape index (κ2) is 7.70. The molecule has 0 spiro atoms. The van der Waals surface area contributed by atoms with Gasteiger partial charge in [0.1, 0.15) is 0 Å². The highest BCUT2D eigenvalue weighted by molar-refractivity contribution is 7.92. The Morgan fingerprint density at radius 1 is 1.22 bits per heavy atom. The predicted molar refractivity (Wildman–Crippen MR) is 106 cm³/mol. The summed E-state index contributed by atoms with van der Waals surface area (Å²) >= 11 is 0. The first-order chi connectivity index (χ1) is 12.8. The lowest BCUT2D eigenvalue weighted by Gasteiger charge is -2.17. The molecule has 0 radical (unpaired) electrons. The molecular formula is C20H25N3O3S. The van der Waals surface area contributed by atoms with E-state index in [-0.39, 0.29) is 10.8 Å². The smallest absolute Gasteiger partial charge is 0.262 e. The number of nitrogens with one attached hydrogen (secondary N) is 1. The second-order valence-corrected chi connectivity index (χ2v) is 8.75. The van der Waals surface area contributed by atoms with Crippen molar-refractivity contribution in [3.05, 3.63) is 59.2 Å². The molecule has 1 aliphatic heterocycles. The summed E-state index contributed by atoms with van der Waals surface area (Å²) in [5, 5.41) is 0. The van der Waals surface area contributed by atoms with Gasteiger partial charge in [-0.25, -0.2) is 8.42 Å². The summed E-state index contributed by atoms with van der Waals surface area (Å²) in [6, 6.07) is 11.9. The van der Waals surface area contributed by atoms with E-state index in [9.17, 15) is 13.2 Å². The van der Waals surface area contributed by atoms with E-state index in [2.05, 4.69) is 4.72 Å². The number of benzene rings is 2. The van der Waals surface area contributed by atoms with Gasteiger partial charge in [0.05, 0.1) is 4.90 Å². The van der Waals surface area contributed by atoms with Crippen LogP contribution in [-0.2, 0) is 10.0 Å². The molecule has 1 fully saturated rings. The van der Waals surface area contributed by atoms with Crippen LogP contribution in [0.2, 0.25) is 0 Å². The standard InChI is InChI=1S/C20H25N3O3S/c1-14-6-7-15(2)19(10-14)27(25,26)22-18-5-3-4-17(11-18)20(24)23-9-8-16(12-21)13-23/h3-7,10-11,16,22H,8-9,12-13,21H2,1-2H3. The Kier molecular flexibility index (Phi) is 5.53. The zero-order valence-electron chi connectivity index (χ0n) is 15.6. The minimum atomic E-state index is -3.73. The molecule has 2 aromatic rings. The third-order valence-electron chi connectivity index (χ3n) is 4.90. The van der Waals surface area contributed by atoms with Crippen molar-refractivity contribution in [2.24, 2.45) is 11.7 Å². The lowest BCUT2D eigenvalue weighted by atomic mass is 10.1. The van der Waals surface area contributed by atoms with E-state index in [0.717, 1.165) is 12.0 Å². The Morgan fingerprint density at radius 3 is 2.70 bits per heavy atom. The molecule has 2 aromatic carbocycles. The van der Waals surface area contributed by atoms with E-state index in [0.29, 0.717) is 42.4 Å². The molecule has 1 heterocycles. The molecule has 3 rings (SSSR count). The molecule has 0 bridgehead atoms. The monoisotopic (exact) mass is 387 g/mol. The van der Waals surface area contributed by atoms with Gasteiger partial charge in [-0.1, -0.05) is 18.2 Å². The summed E-state index contributed by atoms with van der Waals surface area (Å²) in [6.07, 6.45) is 0.904. The molecule has 6 nitrogen and oxygen atoms in total. The first-order valence-corrected chi connectivity index (χ1v) is 10.5. The Balaban J connectivity index is 1.81. The molecule has 0 aliphatic carbocycles. The maximum absolute atomic E-state index is 12.8. The Morgan fingerprint density at radius 2 is 2.00 bits per heavy atom. The van der Waals surface area contributed by atoms with E-state index in [1.54, 1.807) is 48.2 Å². The van der Waals surface area contributed by atoms with Crippen molar-refractivity contribution < 1.29 is 13.2 Å². The number of aryl methyl sites for hydroxylation is 2. The minimum Gasteiger partial charge on any atom is -0.338 e. The third kappa shape index (κ3) is 4.31. The highest BCUT2D eigenvalue weighted by Crippen LogP contribution is 2.23. The number of hydrogen-bond acceptors (Lipinski definition) is 4. The normalized spacial score (nSPS) is 17.1. The predicted octanol–water partition coefficient (Wildman–Crippen LogP) is 2.53. The van der Waals surface area contributed by atoms with Crippen molar-refractivity contribution in [1.29, 1.82) is 0 Å². The fraction of sp³-hybridized carbons (Fsp3) is 0.350. The molecule has 27 heavy (non-hydrogen) atoms. The largest absolute Gasteiger partial charge is 0.338 e. The number of likely N-dealkylation sites (tertiary alicyclic amines) is 1. The van der Waals surface area contributed by atoms with Gasteiger partial charge in [0.2, 0.25) is 0 Å². The van der Waals surface area contributed by atoms with Crippen LogP contribution in [0, 0.1) is 19.8 Å². The number of nitrogens with zero attached hydrogens (tertiary/aromatic N) is 1. The molecule has 1 aliphatic rings. The summed E-state index contributed by atoms with van der Waals surface area (Å²) in [6.45, 7) is 5.50. The van der Waals surface area contributed by atoms with Gasteiger partial charge in [0.15, 0.2) is 0 Å². The van der Waals surface area contributed by atoms with Crippen LogP contribution in [0.15, 0.2) is 47.4 Å². The number of sulfonamides is 1. The van der Waals surface area contributed by atoms with Crippen LogP contribution in [0.25, 0.3) is 0 Å². The van der Waals surface area contributed by atoms with Gasteiger partial charge in [-0.15, -0.1) is 0 Å². The van der Waals surface area contributed by atoms with E-state index in [1.165, 1.54) is 0 Å². The number of amides is 1. The van der Waals surface area contributed by atoms with Gasteiger partial charge in [0.25, 0.3) is 15.9 Å². The average Bonchev–Trinajstić information content (AvgIpc) is 3.12. The van der Waals surface area contributed by atoms with Crippen molar-refractivity contribution in [3.8, 4) is 0 Å². The highest BCUT2D eigenvalue weighted by Gasteiger charge is 2.26. The Labute approximate surface area is 160 Å². The van der Waals surface area contributed by atoms with Gasteiger partial charge in [-0.3, -0.25) is 9.52 Å². The summed E-state index contributed by atoms with van der Waals surface area (Å²) < 4.78 is 28.1. The molecule has 0 aromatic heterocycles. The summed E-state index contributed by atoms with van der Waals surface area (Å²) in [4.78, 5) is 14.7. The fourth-order valence-corrected chi connectivity index (χ4v) is 4.69. The molecular weight excluding hydrogens is 362 g/mol. The van der Waals surface area contributed by atoms with E-state index in [1.807, 2.05) is 13.0 Å². The van der Waals surface area contributed by atoms with E-state index in [4.69, 9.17) is 5.73 Å². The third-order valence-corrected chi connectivity index (χ3v) is 6.42. The van der Waals surface area contributed by atoms with Gasteiger partial charge >= 0.3 is 0 Å². The number of anilines is 1. The van der Waals surface area contributed by atoms with Crippen molar-refractivity contribution in [1.82, 2.24) is 4.90 Å². The van der Waals surface area contributed by atoms with Crippen molar-refractivity contribution >= 4 is 21.6 Å². The molecule has 3 N–H and O–H groups in total. The Bertz CT molecular complexity index is 957. The van der Waals surface area contributed by atoms with Crippen LogP contribution in [0.3, 0.4) is 0 Å². The van der Waals surface area contributed by atoms with E-state index >= 15 is 0 Å². The van der Waals surface area contributed by atoms with Crippen LogP contribution in [-0.4, -0.2) is 38.9 Å². The lowest BCUT2D eigenvalue weighted by molar-refractivity contribution is 0.0787. The van der Waals surface area contributed by atoms with Crippen LogP contribution in [0.4, 0.5) is 5.69 Å². The molecule has 0 saturated carbocycles. The van der Waals surface area contributed by atoms with Crippen LogP contribution in [0.1, 0.15) is 27.9 Å². The second-order valence-electron chi connectivity index (χ2n) is 7.10. The first kappa shape index (κ1) is 19.4. The van der Waals surface area contributed by atoms with Gasteiger partial charge < -0.3 is 10.6 Å². The van der Waals surface area contributed by atoms with Crippen LogP contribution < -0.4 is 10.5 Å². The Hall–Kier alpha value is -2.38. The zero-order chi connectivity index (χ0) is 19.6. The average molecular weight is 388 g/mol. The molecule has 1 saturated heterocycles. The molecule has 1 amide bonds. The zero-order valence-corrected chi connectivity index (χ0v) is 16.4. The van der Waals surface area contributed by atoms with Crippen LogP contribution in [0.5, 0.6) is 0 Å². The van der Waals surface area contributed by atoms with Gasteiger partial charge in [-0.2, -0.15) is 0 Å². The minimum absolute atomic E-state index is 0.0984. The quantitative estimate of drug-likeness (QED) is 0.824. The lowest BCUT2D eigenvalue weighted by Crippen LogP contribution is -2.29. The summed E-state index contributed by atoms with van der Waals surface area (Å²) in [5.74, 6) is 0.235. The number of carbonyl (C=O) groups is 1. The molecule has 1 atom stereocenters. The molecule has 7 heteroatoms. The number of rotatable bonds is 5. The summed E-state index contributed by atoms with van der Waals surface area (Å²) in [5.41, 5.74) is 8.07. The highest BCUT2D eigenvalue weighted by atomic mass is 32.2. The fourth-order valence-electron chi connectivity index (χ4n) is 3.31. The van der Waals surface area contributed by atoms with Gasteiger partial charge in [0, 0.05) is 24.3 Å². The SMILES string of the molecule is Cc1ccc(C)c(S(=O)(=O)Nc2cccc(C(=O)N3CCC(CN)C3)c2)c1. The number of nitrogens with two attached hydrogens (primary N) is 1. The van der Waals surface area contributed by atoms with Gasteiger partial charge in [-0.05, 0) is 68.1 Å². The first-order valence-electron chi connectivity index (χ1n) is 8.99. The topological polar surface area (TPSA) is 92.5 Å². The van der Waals surface area contributed by atoms with E-state index < -0.39 is 10.0 Å². The van der Waals surface area contributed by atoms with Crippen molar-refractivity contribution in [2.75, 3.05) is 24.4 Å². The molecule has 144 valence electrons. The summed E-state index contributed by atoms with van der Waals surface area (Å²) in [7, 11) is -3.73.